The normalized spacial score (nSPS) is 13.0. The Hall–Kier alpha value is -8.14. The topological polar surface area (TPSA) is 19.6 Å². The molecule has 290 valence electrons. The number of benzene rings is 10. The third-order valence-corrected chi connectivity index (χ3v) is 13.2. The molecule has 0 radical (unpaired) electrons. The minimum absolute atomic E-state index is 0.704. The fourth-order valence-corrected chi connectivity index (χ4v) is 10.8. The van der Waals surface area contributed by atoms with E-state index >= 15 is 0 Å². The SMILES string of the molecule is c1ccc(N(c2ccccc2)c2ccc3c(c2)C2(c4cc(N(c5ccccc5)c5ccccc5)ccc4-3)c3ccc4oc5ccccc5c4c3-c3cccc4cccc2c34)cc1. The van der Waals surface area contributed by atoms with Gasteiger partial charge in [0.05, 0.1) is 5.41 Å². The first kappa shape index (κ1) is 34.7. The van der Waals surface area contributed by atoms with Gasteiger partial charge in [-0.05, 0) is 140 Å². The van der Waals surface area contributed by atoms with E-state index in [-0.39, 0.29) is 0 Å². The first-order valence-electron chi connectivity index (χ1n) is 21.3. The molecule has 0 N–H and O–H groups in total. The van der Waals surface area contributed by atoms with Crippen molar-refractivity contribution in [2.24, 2.45) is 0 Å². The predicted molar refractivity (Wildman–Crippen MR) is 257 cm³/mol. The molecule has 2 aliphatic rings. The maximum Gasteiger partial charge on any atom is 0.136 e. The Morgan fingerprint density at radius 1 is 0.306 bits per heavy atom. The molecule has 1 spiro atoms. The van der Waals surface area contributed by atoms with Crippen molar-refractivity contribution in [3.63, 3.8) is 0 Å². The summed E-state index contributed by atoms with van der Waals surface area (Å²) in [7, 11) is 0. The molecule has 10 aromatic carbocycles. The molecule has 0 saturated heterocycles. The number of furan rings is 1. The number of hydrogen-bond acceptors (Lipinski definition) is 3. The highest BCUT2D eigenvalue weighted by Gasteiger charge is 2.51. The molecule has 3 nitrogen and oxygen atoms in total. The van der Waals surface area contributed by atoms with Gasteiger partial charge in [0.2, 0.25) is 0 Å². The van der Waals surface area contributed by atoms with Gasteiger partial charge < -0.3 is 14.2 Å². The highest BCUT2D eigenvalue weighted by atomic mass is 16.3. The van der Waals surface area contributed by atoms with Gasteiger partial charge in [-0.1, -0.05) is 146 Å². The van der Waals surface area contributed by atoms with Crippen molar-refractivity contribution < 1.29 is 4.42 Å². The van der Waals surface area contributed by atoms with Crippen molar-refractivity contribution in [2.45, 2.75) is 5.41 Å². The zero-order chi connectivity index (χ0) is 40.8. The molecule has 1 aromatic heterocycles. The van der Waals surface area contributed by atoms with Crippen LogP contribution < -0.4 is 9.80 Å². The average Bonchev–Trinajstić information content (AvgIpc) is 3.86. The maximum absolute atomic E-state index is 6.68. The lowest BCUT2D eigenvalue weighted by atomic mass is 9.61. The number of para-hydroxylation sites is 5. The largest absolute Gasteiger partial charge is 0.456 e. The minimum atomic E-state index is -0.704. The molecule has 0 fully saturated rings. The van der Waals surface area contributed by atoms with Crippen LogP contribution in [-0.4, -0.2) is 0 Å². The second-order valence-corrected chi connectivity index (χ2v) is 16.4. The van der Waals surface area contributed by atoms with E-state index in [1.165, 1.54) is 55.3 Å². The van der Waals surface area contributed by atoms with E-state index in [1.807, 2.05) is 0 Å². The van der Waals surface area contributed by atoms with E-state index < -0.39 is 5.41 Å². The second kappa shape index (κ2) is 13.4. The summed E-state index contributed by atoms with van der Waals surface area (Å²) < 4.78 is 6.68. The van der Waals surface area contributed by atoms with Crippen LogP contribution in [0.2, 0.25) is 0 Å². The van der Waals surface area contributed by atoms with Crippen LogP contribution >= 0.6 is 0 Å². The van der Waals surface area contributed by atoms with Gasteiger partial charge >= 0.3 is 0 Å². The summed E-state index contributed by atoms with van der Waals surface area (Å²) in [5.74, 6) is 0. The van der Waals surface area contributed by atoms with E-state index in [2.05, 4.69) is 240 Å². The van der Waals surface area contributed by atoms with Crippen LogP contribution in [0.5, 0.6) is 0 Å². The van der Waals surface area contributed by atoms with Crippen molar-refractivity contribution in [3.8, 4) is 22.3 Å². The summed E-state index contributed by atoms with van der Waals surface area (Å²) in [6.45, 7) is 0. The van der Waals surface area contributed by atoms with Gasteiger partial charge in [0.15, 0.2) is 0 Å². The quantitative estimate of drug-likeness (QED) is 0.167. The van der Waals surface area contributed by atoms with Gasteiger partial charge in [-0.25, -0.2) is 0 Å². The molecule has 0 atom stereocenters. The number of nitrogens with zero attached hydrogens (tertiary/aromatic N) is 2. The Morgan fingerprint density at radius 3 is 1.35 bits per heavy atom. The molecule has 0 amide bonds. The standard InChI is InChI=1S/C59H38N2O/c1-5-19-40(20-6-1)60(41-21-7-2-8-22-41)44-31-33-46-47-34-32-45(61(42-23-9-3-10-24-42)43-25-11-4-12-26-43)38-53(47)59(52(46)37-44)50-29-16-18-39-17-15-28-49(56(39)50)57-51(59)35-36-55-58(57)48-27-13-14-30-54(48)62-55/h1-38H. The molecular weight excluding hydrogens is 753 g/mol. The van der Waals surface area contributed by atoms with Gasteiger partial charge in [0.25, 0.3) is 0 Å². The molecular formula is C59H38N2O. The lowest BCUT2D eigenvalue weighted by Gasteiger charge is -2.41. The third-order valence-electron chi connectivity index (χ3n) is 13.2. The van der Waals surface area contributed by atoms with E-state index in [0.29, 0.717) is 0 Å². The molecule has 11 aromatic rings. The molecule has 13 rings (SSSR count). The summed E-state index contributed by atoms with van der Waals surface area (Å²) in [5, 5.41) is 4.79. The number of anilines is 6. The Balaban J connectivity index is 1.18. The Labute approximate surface area is 360 Å². The number of fused-ring (bicyclic) bond motifs is 13. The van der Waals surface area contributed by atoms with E-state index in [4.69, 9.17) is 4.42 Å². The smallest absolute Gasteiger partial charge is 0.136 e. The molecule has 0 unspecified atom stereocenters. The first-order valence-corrected chi connectivity index (χ1v) is 21.3. The third kappa shape index (κ3) is 4.88. The lowest BCUT2D eigenvalue weighted by Crippen LogP contribution is -2.32. The van der Waals surface area contributed by atoms with Crippen LogP contribution in [0.4, 0.5) is 34.1 Å². The summed E-state index contributed by atoms with van der Waals surface area (Å²) in [6, 6.07) is 84.1. The fourth-order valence-electron chi connectivity index (χ4n) is 10.8. The fraction of sp³-hybridized carbons (Fsp3) is 0.0169. The Morgan fingerprint density at radius 2 is 0.806 bits per heavy atom. The molecule has 0 bridgehead atoms. The second-order valence-electron chi connectivity index (χ2n) is 16.4. The lowest BCUT2D eigenvalue weighted by molar-refractivity contribution is 0.668. The van der Waals surface area contributed by atoms with Crippen molar-refractivity contribution >= 4 is 66.8 Å². The molecule has 3 heteroatoms. The van der Waals surface area contributed by atoms with Gasteiger partial charge in [-0.3, -0.25) is 0 Å². The zero-order valence-electron chi connectivity index (χ0n) is 33.7. The molecule has 2 aliphatic carbocycles. The van der Waals surface area contributed by atoms with Gasteiger partial charge in [0, 0.05) is 44.9 Å². The molecule has 1 heterocycles. The summed E-state index contributed by atoms with van der Waals surface area (Å²) in [4.78, 5) is 4.78. The van der Waals surface area contributed by atoms with Crippen LogP contribution in [-0.2, 0) is 5.41 Å². The van der Waals surface area contributed by atoms with Crippen molar-refractivity contribution in [1.82, 2.24) is 0 Å². The van der Waals surface area contributed by atoms with Crippen LogP contribution in [0.1, 0.15) is 22.3 Å². The maximum atomic E-state index is 6.68. The number of hydrogen-bond donors (Lipinski definition) is 0. The van der Waals surface area contributed by atoms with E-state index in [9.17, 15) is 0 Å². The van der Waals surface area contributed by atoms with Crippen LogP contribution in [0, 0.1) is 0 Å². The van der Waals surface area contributed by atoms with Gasteiger partial charge in [0.1, 0.15) is 11.2 Å². The summed E-state index contributed by atoms with van der Waals surface area (Å²) >= 11 is 0. The minimum Gasteiger partial charge on any atom is -0.456 e. The van der Waals surface area contributed by atoms with E-state index in [1.54, 1.807) is 0 Å². The van der Waals surface area contributed by atoms with Crippen molar-refractivity contribution in [2.75, 3.05) is 9.80 Å². The van der Waals surface area contributed by atoms with Crippen LogP contribution in [0.25, 0.3) is 55.0 Å². The Bertz CT molecular complexity index is 3310. The first-order chi connectivity index (χ1) is 30.8. The van der Waals surface area contributed by atoms with Crippen LogP contribution in [0.3, 0.4) is 0 Å². The monoisotopic (exact) mass is 790 g/mol. The van der Waals surface area contributed by atoms with E-state index in [0.717, 1.165) is 56.1 Å². The van der Waals surface area contributed by atoms with Crippen LogP contribution in [0.15, 0.2) is 235 Å². The van der Waals surface area contributed by atoms with Crippen molar-refractivity contribution in [3.05, 3.63) is 253 Å². The molecule has 0 aliphatic heterocycles. The highest BCUT2D eigenvalue weighted by Crippen LogP contribution is 2.64. The predicted octanol–water partition coefficient (Wildman–Crippen LogP) is 16.0. The van der Waals surface area contributed by atoms with Gasteiger partial charge in [-0.2, -0.15) is 0 Å². The highest BCUT2D eigenvalue weighted by molar-refractivity contribution is 6.19. The summed E-state index contributed by atoms with van der Waals surface area (Å²) in [6.07, 6.45) is 0. The summed E-state index contributed by atoms with van der Waals surface area (Å²) in [5.41, 5.74) is 17.7. The Kier molecular flexibility index (Phi) is 7.52. The van der Waals surface area contributed by atoms with Gasteiger partial charge in [-0.15, -0.1) is 0 Å². The zero-order valence-corrected chi connectivity index (χ0v) is 33.7. The number of rotatable bonds is 6. The van der Waals surface area contributed by atoms with Crippen molar-refractivity contribution in [1.29, 1.82) is 0 Å². The average molecular weight is 791 g/mol. The molecule has 0 saturated carbocycles. The molecule has 62 heavy (non-hydrogen) atoms.